The van der Waals surface area contributed by atoms with Gasteiger partial charge in [-0.25, -0.2) is 9.79 Å². The van der Waals surface area contributed by atoms with Gasteiger partial charge < -0.3 is 19.6 Å². The van der Waals surface area contributed by atoms with Crippen LogP contribution in [0.4, 0.5) is 4.79 Å². The number of hydrogen-bond donors (Lipinski definition) is 1. The summed E-state index contributed by atoms with van der Waals surface area (Å²) in [4.78, 5) is 37.5. The Labute approximate surface area is 165 Å². The molecule has 3 aliphatic rings. The predicted molar refractivity (Wildman–Crippen MR) is 108 cm³/mol. The van der Waals surface area contributed by atoms with Gasteiger partial charge in [0, 0.05) is 39.8 Å². The van der Waals surface area contributed by atoms with Gasteiger partial charge in [0.1, 0.15) is 0 Å². The Hall–Kier alpha value is -2.87. The number of rotatable bonds is 3. The standard InChI is InChI=1S/C20H26N6O2/c1-23-11-13-25(14-12-23)19-21-17-16(18(27)22-20(28)24(17)2)26(19)10-6-9-15-7-4-3-5-8-15/h3-9,16-17H,10-14H2,1-2H3,(H,22,27,28)/b9-6+. The van der Waals surface area contributed by atoms with E-state index in [-0.39, 0.29) is 5.91 Å². The van der Waals surface area contributed by atoms with Crippen molar-refractivity contribution in [2.45, 2.75) is 12.2 Å². The lowest BCUT2D eigenvalue weighted by molar-refractivity contribution is -0.127. The SMILES string of the molecule is CN1CCN(C2=NC3C(C(=O)NC(=O)N3C)N2C/C=C/c2ccccc2)CC1. The van der Waals surface area contributed by atoms with E-state index in [2.05, 4.69) is 22.2 Å². The summed E-state index contributed by atoms with van der Waals surface area (Å²) >= 11 is 0. The van der Waals surface area contributed by atoms with E-state index in [1.165, 1.54) is 4.90 Å². The van der Waals surface area contributed by atoms with Gasteiger partial charge in [0.25, 0.3) is 5.91 Å². The smallest absolute Gasteiger partial charge is 0.325 e. The van der Waals surface area contributed by atoms with Crippen LogP contribution in [0, 0.1) is 0 Å². The van der Waals surface area contributed by atoms with E-state index in [0.717, 1.165) is 37.7 Å². The molecule has 2 unspecified atom stereocenters. The predicted octanol–water partition coefficient (Wildman–Crippen LogP) is 0.495. The number of carbonyl (C=O) groups excluding carboxylic acids is 2. The molecule has 28 heavy (non-hydrogen) atoms. The minimum Gasteiger partial charge on any atom is -0.340 e. The Morgan fingerprint density at radius 1 is 1.11 bits per heavy atom. The van der Waals surface area contributed by atoms with Crippen molar-refractivity contribution < 1.29 is 9.59 Å². The molecule has 8 heteroatoms. The number of nitrogens with one attached hydrogen (secondary N) is 1. The lowest BCUT2D eigenvalue weighted by Crippen LogP contribution is -2.64. The fraction of sp³-hybridized carbons (Fsp3) is 0.450. The molecule has 2 saturated heterocycles. The molecular formula is C20H26N6O2. The van der Waals surface area contributed by atoms with E-state index >= 15 is 0 Å². The molecule has 3 heterocycles. The Kier molecular flexibility index (Phi) is 5.04. The van der Waals surface area contributed by atoms with Crippen LogP contribution in [0.2, 0.25) is 0 Å². The average molecular weight is 382 g/mol. The topological polar surface area (TPSA) is 71.5 Å². The molecule has 1 aromatic rings. The molecule has 2 fully saturated rings. The number of amides is 3. The highest BCUT2D eigenvalue weighted by Crippen LogP contribution is 2.26. The van der Waals surface area contributed by atoms with Gasteiger partial charge in [-0.1, -0.05) is 42.5 Å². The van der Waals surface area contributed by atoms with Gasteiger partial charge >= 0.3 is 6.03 Å². The van der Waals surface area contributed by atoms with Crippen molar-refractivity contribution in [2.24, 2.45) is 4.99 Å². The second-order valence-corrected chi connectivity index (χ2v) is 7.45. The summed E-state index contributed by atoms with van der Waals surface area (Å²) in [5.74, 6) is 0.520. The number of hydrogen-bond acceptors (Lipinski definition) is 6. The number of urea groups is 1. The maximum atomic E-state index is 12.6. The first-order valence-corrected chi connectivity index (χ1v) is 9.62. The molecule has 1 N–H and O–H groups in total. The minimum atomic E-state index is -0.502. The van der Waals surface area contributed by atoms with Crippen molar-refractivity contribution in [1.82, 2.24) is 24.9 Å². The third kappa shape index (κ3) is 3.47. The average Bonchev–Trinajstić information content (AvgIpc) is 3.08. The number of likely N-dealkylation sites (N-methyl/N-ethyl adjacent to an activating group) is 2. The molecule has 0 spiro atoms. The number of carbonyl (C=O) groups is 2. The lowest BCUT2D eigenvalue weighted by Gasteiger charge is -2.39. The molecule has 1 aromatic carbocycles. The van der Waals surface area contributed by atoms with Crippen molar-refractivity contribution in [3.63, 3.8) is 0 Å². The number of benzene rings is 1. The number of nitrogens with zero attached hydrogens (tertiary/aromatic N) is 5. The Balaban J connectivity index is 1.58. The Bertz CT molecular complexity index is 800. The summed E-state index contributed by atoms with van der Waals surface area (Å²) in [6.07, 6.45) is 3.61. The first-order chi connectivity index (χ1) is 13.5. The van der Waals surface area contributed by atoms with Crippen LogP contribution in [0.5, 0.6) is 0 Å². The van der Waals surface area contributed by atoms with Crippen molar-refractivity contribution in [3.8, 4) is 0 Å². The van der Waals surface area contributed by atoms with Gasteiger partial charge in [0.2, 0.25) is 0 Å². The lowest BCUT2D eigenvalue weighted by atomic mass is 10.1. The number of imide groups is 1. The third-order valence-electron chi connectivity index (χ3n) is 5.54. The van der Waals surface area contributed by atoms with E-state index in [1.807, 2.05) is 47.4 Å². The van der Waals surface area contributed by atoms with Crippen molar-refractivity contribution in [3.05, 3.63) is 42.0 Å². The summed E-state index contributed by atoms with van der Waals surface area (Å²) < 4.78 is 0. The van der Waals surface area contributed by atoms with Crippen molar-refractivity contribution in [1.29, 1.82) is 0 Å². The van der Waals surface area contributed by atoms with E-state index < -0.39 is 18.2 Å². The van der Waals surface area contributed by atoms with Gasteiger partial charge in [-0.05, 0) is 12.6 Å². The van der Waals surface area contributed by atoms with Crippen LogP contribution in [0.25, 0.3) is 6.08 Å². The highest BCUT2D eigenvalue weighted by molar-refractivity contribution is 6.03. The van der Waals surface area contributed by atoms with Gasteiger partial charge in [-0.3, -0.25) is 10.1 Å². The van der Waals surface area contributed by atoms with E-state index in [9.17, 15) is 9.59 Å². The van der Waals surface area contributed by atoms with Crippen LogP contribution in [0.1, 0.15) is 5.56 Å². The molecule has 0 saturated carbocycles. The molecule has 0 radical (unpaired) electrons. The normalized spacial score (nSPS) is 25.9. The van der Waals surface area contributed by atoms with E-state index in [4.69, 9.17) is 4.99 Å². The molecule has 3 amide bonds. The fourth-order valence-electron chi connectivity index (χ4n) is 3.84. The van der Waals surface area contributed by atoms with E-state index in [1.54, 1.807) is 7.05 Å². The third-order valence-corrected chi connectivity index (χ3v) is 5.54. The maximum absolute atomic E-state index is 12.6. The Morgan fingerprint density at radius 3 is 2.54 bits per heavy atom. The second kappa shape index (κ2) is 7.63. The minimum absolute atomic E-state index is 0.283. The summed E-state index contributed by atoms with van der Waals surface area (Å²) in [7, 11) is 3.79. The highest BCUT2D eigenvalue weighted by Gasteiger charge is 2.49. The first-order valence-electron chi connectivity index (χ1n) is 9.62. The summed E-state index contributed by atoms with van der Waals surface area (Å²) in [6, 6.07) is 9.17. The summed E-state index contributed by atoms with van der Waals surface area (Å²) in [5.41, 5.74) is 1.11. The molecule has 148 valence electrons. The zero-order valence-electron chi connectivity index (χ0n) is 16.3. The molecular weight excluding hydrogens is 356 g/mol. The van der Waals surface area contributed by atoms with Crippen molar-refractivity contribution in [2.75, 3.05) is 46.8 Å². The molecule has 8 nitrogen and oxygen atoms in total. The molecule has 0 aromatic heterocycles. The van der Waals surface area contributed by atoms with Crippen LogP contribution in [-0.2, 0) is 4.79 Å². The zero-order valence-corrected chi connectivity index (χ0v) is 16.3. The van der Waals surface area contributed by atoms with Crippen LogP contribution in [-0.4, -0.2) is 96.5 Å². The summed E-state index contributed by atoms with van der Waals surface area (Å²) in [6.45, 7) is 4.16. The number of guanidine groups is 1. The van der Waals surface area contributed by atoms with Crippen LogP contribution in [0.3, 0.4) is 0 Å². The molecule has 2 atom stereocenters. The quantitative estimate of drug-likeness (QED) is 0.824. The molecule has 3 aliphatic heterocycles. The molecule has 0 bridgehead atoms. The largest absolute Gasteiger partial charge is 0.340 e. The number of fused-ring (bicyclic) bond motifs is 1. The van der Waals surface area contributed by atoms with Crippen LogP contribution >= 0.6 is 0 Å². The zero-order chi connectivity index (χ0) is 19.7. The van der Waals surface area contributed by atoms with Crippen LogP contribution < -0.4 is 5.32 Å². The van der Waals surface area contributed by atoms with Gasteiger partial charge in [0.15, 0.2) is 18.2 Å². The highest BCUT2D eigenvalue weighted by atomic mass is 16.2. The Morgan fingerprint density at radius 2 is 1.82 bits per heavy atom. The van der Waals surface area contributed by atoms with Crippen molar-refractivity contribution >= 4 is 24.0 Å². The number of aliphatic imine (C=N–C) groups is 1. The monoisotopic (exact) mass is 382 g/mol. The summed E-state index contributed by atoms with van der Waals surface area (Å²) in [5, 5.41) is 2.45. The van der Waals surface area contributed by atoms with Gasteiger partial charge in [0.05, 0.1) is 0 Å². The van der Waals surface area contributed by atoms with E-state index in [0.29, 0.717) is 6.54 Å². The van der Waals surface area contributed by atoms with Gasteiger partial charge in [-0.15, -0.1) is 0 Å². The maximum Gasteiger partial charge on any atom is 0.325 e. The van der Waals surface area contributed by atoms with Crippen LogP contribution in [0.15, 0.2) is 41.4 Å². The molecule has 0 aliphatic carbocycles. The van der Waals surface area contributed by atoms with Gasteiger partial charge in [-0.2, -0.15) is 0 Å². The number of piperazine rings is 1. The fourth-order valence-corrected chi connectivity index (χ4v) is 3.84. The molecule has 4 rings (SSSR count). The first kappa shape index (κ1) is 18.5. The second-order valence-electron chi connectivity index (χ2n) is 7.45.